The molecule has 0 unspecified atom stereocenters. The number of rotatable bonds is 4. The third kappa shape index (κ3) is 2.70. The number of fused-ring (bicyclic) bond motifs is 1. The van der Waals surface area contributed by atoms with Gasteiger partial charge in [-0.3, -0.25) is 14.6 Å². The van der Waals surface area contributed by atoms with E-state index < -0.39 is 5.97 Å². The van der Waals surface area contributed by atoms with E-state index in [1.165, 1.54) is 4.90 Å². The Kier molecular flexibility index (Phi) is 3.75. The van der Waals surface area contributed by atoms with Gasteiger partial charge in [0.2, 0.25) is 0 Å². The highest BCUT2D eigenvalue weighted by Crippen LogP contribution is 2.17. The lowest BCUT2D eigenvalue weighted by atomic mass is 10.1. The van der Waals surface area contributed by atoms with Gasteiger partial charge in [-0.25, -0.2) is 0 Å². The van der Waals surface area contributed by atoms with Crippen LogP contribution in [0, 0.1) is 0 Å². The fourth-order valence-corrected chi connectivity index (χ4v) is 1.94. The lowest BCUT2D eigenvalue weighted by molar-refractivity contribution is -0.137. The number of benzene rings is 1. The second-order valence-corrected chi connectivity index (χ2v) is 4.09. The molecule has 5 nitrogen and oxygen atoms in total. The van der Waals surface area contributed by atoms with Crippen LogP contribution in [0.2, 0.25) is 0 Å². The molecule has 1 N–H and O–H groups in total. The smallest absolute Gasteiger partial charge is 0.323 e. The van der Waals surface area contributed by atoms with Gasteiger partial charge in [-0.1, -0.05) is 18.2 Å². The number of hydrogen-bond acceptors (Lipinski definition) is 3. The van der Waals surface area contributed by atoms with Crippen LogP contribution in [0.5, 0.6) is 0 Å². The molecular formula is C14H14N2O3. The molecule has 0 fully saturated rings. The van der Waals surface area contributed by atoms with Crippen molar-refractivity contribution in [1.82, 2.24) is 9.88 Å². The molecule has 5 heteroatoms. The largest absolute Gasteiger partial charge is 0.480 e. The number of carboxylic acids is 1. The number of pyridine rings is 1. The minimum absolute atomic E-state index is 0.288. The third-order valence-electron chi connectivity index (χ3n) is 2.87. The summed E-state index contributed by atoms with van der Waals surface area (Å²) in [7, 11) is 0. The van der Waals surface area contributed by atoms with E-state index in [0.29, 0.717) is 12.1 Å². The monoisotopic (exact) mass is 258 g/mol. The van der Waals surface area contributed by atoms with E-state index >= 15 is 0 Å². The van der Waals surface area contributed by atoms with Crippen molar-refractivity contribution in [2.75, 3.05) is 13.1 Å². The SMILES string of the molecule is CCN(CC(=O)O)C(=O)c1ccnc2ccccc12. The van der Waals surface area contributed by atoms with Crippen molar-refractivity contribution >= 4 is 22.8 Å². The number of likely N-dealkylation sites (N-methyl/N-ethyl adjacent to an activating group) is 1. The Bertz CT molecular complexity index is 620. The van der Waals surface area contributed by atoms with Crippen molar-refractivity contribution in [2.24, 2.45) is 0 Å². The number of carboxylic acid groups (broad SMARTS) is 1. The van der Waals surface area contributed by atoms with Crippen LogP contribution in [0.25, 0.3) is 10.9 Å². The lowest BCUT2D eigenvalue weighted by Crippen LogP contribution is -2.35. The molecular weight excluding hydrogens is 244 g/mol. The maximum atomic E-state index is 12.4. The first kappa shape index (κ1) is 13.0. The van der Waals surface area contributed by atoms with Gasteiger partial charge in [-0.05, 0) is 19.1 Å². The summed E-state index contributed by atoms with van der Waals surface area (Å²) in [5.41, 5.74) is 1.20. The Hall–Kier alpha value is -2.43. The maximum Gasteiger partial charge on any atom is 0.323 e. The number of carbonyl (C=O) groups is 2. The van der Waals surface area contributed by atoms with Gasteiger partial charge in [0.1, 0.15) is 6.54 Å². The van der Waals surface area contributed by atoms with Crippen LogP contribution in [0.1, 0.15) is 17.3 Å². The van der Waals surface area contributed by atoms with Gasteiger partial charge in [0.05, 0.1) is 11.1 Å². The minimum atomic E-state index is -1.02. The predicted octanol–water partition coefficient (Wildman–Crippen LogP) is 1.78. The first-order valence-electron chi connectivity index (χ1n) is 5.98. The van der Waals surface area contributed by atoms with E-state index in [1.54, 1.807) is 19.2 Å². The number of amides is 1. The molecule has 2 rings (SSSR count). The molecule has 1 amide bonds. The average molecular weight is 258 g/mol. The summed E-state index contributed by atoms with van der Waals surface area (Å²) in [4.78, 5) is 28.6. The van der Waals surface area contributed by atoms with Gasteiger partial charge in [0.25, 0.3) is 5.91 Å². The molecule has 0 spiro atoms. The van der Waals surface area contributed by atoms with Crippen LogP contribution >= 0.6 is 0 Å². The van der Waals surface area contributed by atoms with Gasteiger partial charge < -0.3 is 10.0 Å². The van der Waals surface area contributed by atoms with Crippen LogP contribution in [0.3, 0.4) is 0 Å². The lowest BCUT2D eigenvalue weighted by Gasteiger charge is -2.19. The number of para-hydroxylation sites is 1. The molecule has 1 aromatic carbocycles. The quantitative estimate of drug-likeness (QED) is 0.907. The zero-order valence-electron chi connectivity index (χ0n) is 10.5. The Morgan fingerprint density at radius 2 is 2.00 bits per heavy atom. The van der Waals surface area contributed by atoms with E-state index in [2.05, 4.69) is 4.98 Å². The molecule has 0 aliphatic rings. The molecule has 0 bridgehead atoms. The van der Waals surface area contributed by atoms with E-state index in [1.807, 2.05) is 24.3 Å². The number of aromatic nitrogens is 1. The summed E-state index contributed by atoms with van der Waals surface area (Å²) in [5.74, 6) is -1.31. The summed E-state index contributed by atoms with van der Waals surface area (Å²) in [6.07, 6.45) is 1.56. The normalized spacial score (nSPS) is 10.4. The van der Waals surface area contributed by atoms with E-state index in [0.717, 1.165) is 10.9 Å². The highest BCUT2D eigenvalue weighted by Gasteiger charge is 2.18. The summed E-state index contributed by atoms with van der Waals surface area (Å²) >= 11 is 0. The summed E-state index contributed by atoms with van der Waals surface area (Å²) in [5, 5.41) is 9.55. The zero-order valence-corrected chi connectivity index (χ0v) is 10.5. The number of nitrogens with zero attached hydrogens (tertiary/aromatic N) is 2. The van der Waals surface area contributed by atoms with Crippen molar-refractivity contribution in [3.63, 3.8) is 0 Å². The average Bonchev–Trinajstić information content (AvgIpc) is 2.43. The number of carbonyl (C=O) groups excluding carboxylic acids is 1. The van der Waals surface area contributed by atoms with Crippen molar-refractivity contribution < 1.29 is 14.7 Å². The van der Waals surface area contributed by atoms with Crippen molar-refractivity contribution in [1.29, 1.82) is 0 Å². The Balaban J connectivity index is 2.43. The van der Waals surface area contributed by atoms with Gasteiger partial charge in [0.15, 0.2) is 0 Å². The fourth-order valence-electron chi connectivity index (χ4n) is 1.94. The maximum absolute atomic E-state index is 12.4. The first-order valence-corrected chi connectivity index (χ1v) is 5.98. The topological polar surface area (TPSA) is 70.5 Å². The van der Waals surface area contributed by atoms with E-state index in [9.17, 15) is 9.59 Å². The second-order valence-electron chi connectivity index (χ2n) is 4.09. The molecule has 2 aromatic rings. The second kappa shape index (κ2) is 5.48. The summed E-state index contributed by atoms with van der Waals surface area (Å²) in [6.45, 7) is 1.80. The number of aliphatic carboxylic acids is 1. The predicted molar refractivity (Wildman–Crippen MR) is 71.0 cm³/mol. The molecule has 98 valence electrons. The van der Waals surface area contributed by atoms with Gasteiger partial charge in [-0.15, -0.1) is 0 Å². The summed E-state index contributed by atoms with van der Waals surface area (Å²) < 4.78 is 0. The van der Waals surface area contributed by atoms with Gasteiger partial charge >= 0.3 is 5.97 Å². The minimum Gasteiger partial charge on any atom is -0.480 e. The van der Waals surface area contributed by atoms with Crippen LogP contribution in [0.4, 0.5) is 0 Å². The molecule has 0 radical (unpaired) electrons. The van der Waals surface area contributed by atoms with Gasteiger partial charge in [0, 0.05) is 18.1 Å². The van der Waals surface area contributed by atoms with Gasteiger partial charge in [-0.2, -0.15) is 0 Å². The standard InChI is InChI=1S/C14H14N2O3/c1-2-16(9-13(17)18)14(19)11-7-8-15-12-6-4-3-5-10(11)12/h3-8H,2,9H2,1H3,(H,17,18). The highest BCUT2D eigenvalue weighted by atomic mass is 16.4. The first-order chi connectivity index (χ1) is 9.13. The third-order valence-corrected chi connectivity index (χ3v) is 2.87. The molecule has 1 heterocycles. The highest BCUT2D eigenvalue weighted by molar-refractivity contribution is 6.06. The molecule has 19 heavy (non-hydrogen) atoms. The molecule has 0 aliphatic heterocycles. The Labute approximate surface area is 110 Å². The van der Waals surface area contributed by atoms with Crippen LogP contribution in [-0.2, 0) is 4.79 Å². The molecule has 0 saturated heterocycles. The van der Waals surface area contributed by atoms with Crippen molar-refractivity contribution in [3.05, 3.63) is 42.1 Å². The van der Waals surface area contributed by atoms with Crippen molar-refractivity contribution in [3.8, 4) is 0 Å². The number of hydrogen-bond donors (Lipinski definition) is 1. The van der Waals surface area contributed by atoms with Crippen LogP contribution < -0.4 is 0 Å². The molecule has 0 saturated carbocycles. The Morgan fingerprint density at radius 3 is 2.68 bits per heavy atom. The molecule has 1 aromatic heterocycles. The summed E-state index contributed by atoms with van der Waals surface area (Å²) in [6, 6.07) is 8.92. The Morgan fingerprint density at radius 1 is 1.26 bits per heavy atom. The van der Waals surface area contributed by atoms with E-state index in [-0.39, 0.29) is 12.5 Å². The molecule has 0 aliphatic carbocycles. The fraction of sp³-hybridized carbons (Fsp3) is 0.214. The zero-order chi connectivity index (χ0) is 13.8. The van der Waals surface area contributed by atoms with E-state index in [4.69, 9.17) is 5.11 Å². The van der Waals surface area contributed by atoms with Crippen LogP contribution in [0.15, 0.2) is 36.5 Å². The molecule has 0 atom stereocenters. The van der Waals surface area contributed by atoms with Crippen molar-refractivity contribution in [2.45, 2.75) is 6.92 Å². The van der Waals surface area contributed by atoms with Crippen LogP contribution in [-0.4, -0.2) is 40.0 Å².